The summed E-state index contributed by atoms with van der Waals surface area (Å²) in [6, 6.07) is -1.35. The first kappa shape index (κ1) is 48.6. The SMILES string of the molecule is CCCCC[C@H](NC(=O)CCCCOC1OC(CO)C[C@H](O)[C@@H]1N)C(=O)NCCCCCC(=O)NCCOC(C)(C)OCCNC(=O)CCN1C(=O)C=CC1=O. The molecule has 2 aliphatic rings. The number of carbonyl (C=O) groups is 6. The number of aliphatic hydroxyl groups is 2. The monoisotopic (exact) mass is 798 g/mol. The van der Waals surface area contributed by atoms with Gasteiger partial charge in [0.25, 0.3) is 11.8 Å². The molecule has 18 heteroatoms. The van der Waals surface area contributed by atoms with Gasteiger partial charge in [-0.2, -0.15) is 0 Å². The Morgan fingerprint density at radius 2 is 1.48 bits per heavy atom. The molecule has 1 saturated heterocycles. The van der Waals surface area contributed by atoms with Crippen LogP contribution in [0.4, 0.5) is 0 Å². The number of rotatable bonds is 30. The van der Waals surface area contributed by atoms with E-state index < -0.39 is 48.2 Å². The summed E-state index contributed by atoms with van der Waals surface area (Å²) in [6.07, 6.45) is 7.35. The Kier molecular flexibility index (Phi) is 23.6. The van der Waals surface area contributed by atoms with Crippen molar-refractivity contribution in [1.82, 2.24) is 26.2 Å². The summed E-state index contributed by atoms with van der Waals surface area (Å²) in [5.74, 6) is -2.69. The lowest BCUT2D eigenvalue weighted by molar-refractivity contribution is -0.231. The molecule has 0 aromatic rings. The van der Waals surface area contributed by atoms with Gasteiger partial charge in [0.1, 0.15) is 6.04 Å². The maximum atomic E-state index is 12.9. The number of imide groups is 1. The van der Waals surface area contributed by atoms with Crippen LogP contribution in [0.25, 0.3) is 0 Å². The first-order valence-corrected chi connectivity index (χ1v) is 20.0. The second-order valence-electron chi connectivity index (χ2n) is 14.4. The van der Waals surface area contributed by atoms with Gasteiger partial charge in [-0.3, -0.25) is 33.7 Å². The first-order chi connectivity index (χ1) is 26.8. The molecule has 6 amide bonds. The maximum Gasteiger partial charge on any atom is 0.253 e. The van der Waals surface area contributed by atoms with Gasteiger partial charge in [0.05, 0.1) is 38.1 Å². The number of nitrogens with one attached hydrogen (secondary N) is 4. The van der Waals surface area contributed by atoms with Crippen molar-refractivity contribution in [3.63, 3.8) is 0 Å². The van der Waals surface area contributed by atoms with Crippen LogP contribution < -0.4 is 27.0 Å². The molecule has 2 rings (SSSR count). The van der Waals surface area contributed by atoms with Gasteiger partial charge in [0.15, 0.2) is 12.1 Å². The molecule has 5 atom stereocenters. The second-order valence-corrected chi connectivity index (χ2v) is 14.4. The lowest BCUT2D eigenvalue weighted by atomic mass is 10.0. The molecule has 0 spiro atoms. The van der Waals surface area contributed by atoms with Crippen molar-refractivity contribution in [1.29, 1.82) is 0 Å². The van der Waals surface area contributed by atoms with Crippen LogP contribution in [0.15, 0.2) is 12.2 Å². The van der Waals surface area contributed by atoms with Gasteiger partial charge in [-0.15, -0.1) is 0 Å². The smallest absolute Gasteiger partial charge is 0.253 e. The fraction of sp³-hybridized carbons (Fsp3) is 0.789. The number of unbranched alkanes of at least 4 members (excludes halogenated alkanes) is 5. The van der Waals surface area contributed by atoms with Gasteiger partial charge in [0.2, 0.25) is 23.6 Å². The largest absolute Gasteiger partial charge is 0.394 e. The molecule has 8 N–H and O–H groups in total. The van der Waals surface area contributed by atoms with Crippen LogP contribution in [0.2, 0.25) is 0 Å². The normalized spacial score (nSPS) is 20.2. The van der Waals surface area contributed by atoms with Crippen LogP contribution in [0.5, 0.6) is 0 Å². The van der Waals surface area contributed by atoms with Crippen molar-refractivity contribution in [3.05, 3.63) is 12.2 Å². The van der Waals surface area contributed by atoms with E-state index in [1.54, 1.807) is 13.8 Å². The lowest BCUT2D eigenvalue weighted by Crippen LogP contribution is -2.55. The molecule has 0 aromatic heterocycles. The summed E-state index contributed by atoms with van der Waals surface area (Å²) in [7, 11) is 0. The van der Waals surface area contributed by atoms with E-state index in [4.69, 9.17) is 24.7 Å². The van der Waals surface area contributed by atoms with E-state index >= 15 is 0 Å². The highest BCUT2D eigenvalue weighted by atomic mass is 16.7. The molecule has 2 aliphatic heterocycles. The molecular formula is C38H66N6O12. The minimum Gasteiger partial charge on any atom is -0.394 e. The summed E-state index contributed by atoms with van der Waals surface area (Å²) < 4.78 is 22.6. The number of hydrogen-bond acceptors (Lipinski definition) is 13. The molecule has 18 nitrogen and oxygen atoms in total. The van der Waals surface area contributed by atoms with Crippen LogP contribution in [0, 0.1) is 0 Å². The summed E-state index contributed by atoms with van der Waals surface area (Å²) in [4.78, 5) is 74.0. The number of nitrogens with zero attached hydrogens (tertiary/aromatic N) is 1. The number of aliphatic hydroxyl groups excluding tert-OH is 2. The van der Waals surface area contributed by atoms with Crippen LogP contribution >= 0.6 is 0 Å². The highest BCUT2D eigenvalue weighted by Crippen LogP contribution is 2.20. The molecule has 56 heavy (non-hydrogen) atoms. The Bertz CT molecular complexity index is 1250. The average molecular weight is 799 g/mol. The van der Waals surface area contributed by atoms with Crippen molar-refractivity contribution in [2.45, 2.75) is 141 Å². The van der Waals surface area contributed by atoms with Crippen LogP contribution in [0.1, 0.15) is 104 Å². The van der Waals surface area contributed by atoms with Crippen molar-refractivity contribution in [3.8, 4) is 0 Å². The zero-order chi connectivity index (χ0) is 41.3. The summed E-state index contributed by atoms with van der Waals surface area (Å²) >= 11 is 0. The molecule has 0 aromatic carbocycles. The number of nitrogens with two attached hydrogens (primary N) is 1. The van der Waals surface area contributed by atoms with Gasteiger partial charge < -0.3 is 56.2 Å². The lowest BCUT2D eigenvalue weighted by Gasteiger charge is -2.36. The highest BCUT2D eigenvalue weighted by Gasteiger charge is 2.36. The minimum absolute atomic E-state index is 0.00646. The second kappa shape index (κ2) is 27.2. The Balaban J connectivity index is 1.52. The minimum atomic E-state index is -0.952. The van der Waals surface area contributed by atoms with E-state index in [1.807, 2.05) is 0 Å². The molecule has 0 radical (unpaired) electrons. The number of hydrogen-bond donors (Lipinski definition) is 7. The predicted molar refractivity (Wildman–Crippen MR) is 204 cm³/mol. The van der Waals surface area contributed by atoms with E-state index in [0.717, 1.165) is 30.6 Å². The zero-order valence-electron chi connectivity index (χ0n) is 33.4. The molecule has 0 bridgehead atoms. The third-order valence-electron chi connectivity index (χ3n) is 9.21. The number of carbonyl (C=O) groups excluding carboxylic acids is 6. The van der Waals surface area contributed by atoms with Gasteiger partial charge in [-0.05, 0) is 46.0 Å². The Morgan fingerprint density at radius 1 is 0.857 bits per heavy atom. The van der Waals surface area contributed by atoms with Crippen LogP contribution in [-0.2, 0) is 47.7 Å². The van der Waals surface area contributed by atoms with E-state index in [2.05, 4.69) is 28.2 Å². The van der Waals surface area contributed by atoms with Crippen molar-refractivity contribution < 1.29 is 57.9 Å². The van der Waals surface area contributed by atoms with E-state index in [9.17, 15) is 39.0 Å². The van der Waals surface area contributed by atoms with E-state index in [1.165, 1.54) is 12.2 Å². The molecule has 0 aliphatic carbocycles. The fourth-order valence-corrected chi connectivity index (χ4v) is 5.91. The molecule has 0 saturated carbocycles. The van der Waals surface area contributed by atoms with Crippen LogP contribution in [0.3, 0.4) is 0 Å². The van der Waals surface area contributed by atoms with Crippen molar-refractivity contribution >= 4 is 35.4 Å². The van der Waals surface area contributed by atoms with Gasteiger partial charge >= 0.3 is 0 Å². The van der Waals surface area contributed by atoms with Crippen molar-refractivity contribution in [2.75, 3.05) is 52.6 Å². The van der Waals surface area contributed by atoms with E-state index in [0.29, 0.717) is 51.6 Å². The summed E-state index contributed by atoms with van der Waals surface area (Å²) in [6.45, 7) is 6.89. The summed E-state index contributed by atoms with van der Waals surface area (Å²) in [5.41, 5.74) is 5.95. The van der Waals surface area contributed by atoms with E-state index in [-0.39, 0.29) is 82.4 Å². The van der Waals surface area contributed by atoms with Crippen molar-refractivity contribution in [2.24, 2.45) is 5.73 Å². The topological polar surface area (TPSA) is 257 Å². The average Bonchev–Trinajstić information content (AvgIpc) is 3.49. The third kappa shape index (κ3) is 20.1. The Morgan fingerprint density at radius 3 is 2.12 bits per heavy atom. The first-order valence-electron chi connectivity index (χ1n) is 20.0. The fourth-order valence-electron chi connectivity index (χ4n) is 5.91. The molecule has 2 unspecified atom stereocenters. The summed E-state index contributed by atoms with van der Waals surface area (Å²) in [5, 5.41) is 30.6. The molecule has 2 heterocycles. The molecule has 1 fully saturated rings. The predicted octanol–water partition coefficient (Wildman–Crippen LogP) is 0.0273. The van der Waals surface area contributed by atoms with Gasteiger partial charge in [-0.1, -0.05) is 32.6 Å². The maximum absolute atomic E-state index is 12.9. The Hall–Kier alpha value is -3.52. The standard InChI is InChI=1S/C38H66N6O12/c1-4-5-7-12-28(43-32(49)14-9-11-22-53-37-35(39)29(46)25-27(26-45)56-37)36(52)42-18-10-6-8-13-30(47)40-19-23-54-38(2,3)55-24-20-41-31(48)17-21-44-33(50)15-16-34(44)51/h15-16,27-29,35,37,45-46H,4-14,17-26,39H2,1-3H3,(H,40,47)(H,41,48)(H,42,52)(H,43,49)/t27?,28-,29-,35-,37?/m0/s1. The van der Waals surface area contributed by atoms with Crippen LogP contribution in [-0.4, -0.2) is 140 Å². The quantitative estimate of drug-likeness (QED) is 0.0288. The van der Waals surface area contributed by atoms with Gasteiger partial charge in [0, 0.05) is 70.6 Å². The zero-order valence-corrected chi connectivity index (χ0v) is 33.4. The van der Waals surface area contributed by atoms with Gasteiger partial charge in [-0.25, -0.2) is 0 Å². The third-order valence-corrected chi connectivity index (χ3v) is 9.21. The number of amides is 6. The molecular weight excluding hydrogens is 732 g/mol. The molecule has 320 valence electrons. The number of ether oxygens (including phenoxy) is 4. The highest BCUT2D eigenvalue weighted by molar-refractivity contribution is 6.13. The Labute approximate surface area is 330 Å².